The molecular weight excluding hydrogens is 230 g/mol. The first kappa shape index (κ1) is 13.1. The van der Waals surface area contributed by atoms with Crippen molar-refractivity contribution in [2.24, 2.45) is 11.7 Å². The Morgan fingerprint density at radius 2 is 2.28 bits per heavy atom. The molecule has 1 saturated heterocycles. The molecule has 0 radical (unpaired) electrons. The number of nitrogens with two attached hydrogens (primary N) is 1. The fourth-order valence-electron chi connectivity index (χ4n) is 2.57. The van der Waals surface area contributed by atoms with Gasteiger partial charge in [0.05, 0.1) is 5.69 Å². The Morgan fingerprint density at radius 1 is 1.56 bits per heavy atom. The second-order valence-electron chi connectivity index (χ2n) is 5.21. The molecule has 1 aliphatic heterocycles. The number of aryl methyl sites for hydroxylation is 2. The quantitative estimate of drug-likeness (QED) is 0.864. The first-order valence-corrected chi connectivity index (χ1v) is 6.48. The first-order chi connectivity index (χ1) is 8.50. The van der Waals surface area contributed by atoms with Crippen molar-refractivity contribution >= 4 is 5.91 Å². The summed E-state index contributed by atoms with van der Waals surface area (Å²) in [5.74, 6) is 1.01. The van der Waals surface area contributed by atoms with Crippen LogP contribution in [0, 0.1) is 19.8 Å². The number of amides is 1. The lowest BCUT2D eigenvalue weighted by atomic mass is 9.92. The van der Waals surface area contributed by atoms with E-state index in [0.29, 0.717) is 22.9 Å². The molecule has 2 N–H and O–H groups in total. The minimum Gasteiger partial charge on any atom is -0.361 e. The molecule has 0 aromatic carbocycles. The summed E-state index contributed by atoms with van der Waals surface area (Å²) in [5, 5.41) is 3.84. The maximum atomic E-state index is 12.5. The molecule has 1 amide bonds. The van der Waals surface area contributed by atoms with Crippen molar-refractivity contribution in [3.05, 3.63) is 17.0 Å². The maximum absolute atomic E-state index is 12.5. The second-order valence-corrected chi connectivity index (χ2v) is 5.21. The minimum absolute atomic E-state index is 0.0246. The number of piperidine rings is 1. The van der Waals surface area contributed by atoms with Crippen LogP contribution in [0.3, 0.4) is 0 Å². The summed E-state index contributed by atoms with van der Waals surface area (Å²) in [6.45, 7) is 7.12. The van der Waals surface area contributed by atoms with Gasteiger partial charge in [-0.15, -0.1) is 0 Å². The topological polar surface area (TPSA) is 72.4 Å². The lowest BCUT2D eigenvalue weighted by molar-refractivity contribution is 0.0658. The van der Waals surface area contributed by atoms with Crippen LogP contribution in [0.15, 0.2) is 4.52 Å². The Balaban J connectivity index is 2.14. The molecule has 0 saturated carbocycles. The zero-order chi connectivity index (χ0) is 13.3. The van der Waals surface area contributed by atoms with Crippen LogP contribution in [0.1, 0.15) is 41.6 Å². The number of hydrogen-bond donors (Lipinski definition) is 1. The van der Waals surface area contributed by atoms with Crippen LogP contribution in [0.2, 0.25) is 0 Å². The van der Waals surface area contributed by atoms with Crippen molar-refractivity contribution in [2.75, 3.05) is 13.1 Å². The molecule has 18 heavy (non-hydrogen) atoms. The molecule has 1 fully saturated rings. The van der Waals surface area contributed by atoms with Gasteiger partial charge in [0.1, 0.15) is 11.3 Å². The van der Waals surface area contributed by atoms with Gasteiger partial charge in [-0.2, -0.15) is 0 Å². The summed E-state index contributed by atoms with van der Waals surface area (Å²) in [5.41, 5.74) is 7.22. The normalized spacial score (nSPS) is 22.0. The third-order valence-corrected chi connectivity index (χ3v) is 3.74. The predicted octanol–water partition coefficient (Wildman–Crippen LogP) is 1.49. The zero-order valence-electron chi connectivity index (χ0n) is 11.3. The molecule has 1 aromatic heterocycles. The highest BCUT2D eigenvalue weighted by atomic mass is 16.5. The van der Waals surface area contributed by atoms with Crippen LogP contribution in [0.4, 0.5) is 0 Å². The average molecular weight is 251 g/mol. The van der Waals surface area contributed by atoms with E-state index in [-0.39, 0.29) is 11.9 Å². The lowest BCUT2D eigenvalue weighted by Gasteiger charge is -2.34. The van der Waals surface area contributed by atoms with Gasteiger partial charge in [0, 0.05) is 19.1 Å². The van der Waals surface area contributed by atoms with Crippen LogP contribution in [-0.4, -0.2) is 35.1 Å². The van der Waals surface area contributed by atoms with Gasteiger partial charge in [0.15, 0.2) is 0 Å². The third-order valence-electron chi connectivity index (χ3n) is 3.74. The number of nitrogens with zero attached hydrogens (tertiary/aromatic N) is 2. The molecule has 5 nitrogen and oxygen atoms in total. The zero-order valence-corrected chi connectivity index (χ0v) is 11.3. The predicted molar refractivity (Wildman–Crippen MR) is 68.3 cm³/mol. The maximum Gasteiger partial charge on any atom is 0.259 e. The molecule has 5 heteroatoms. The average Bonchev–Trinajstić information content (AvgIpc) is 2.68. The highest BCUT2D eigenvalue weighted by molar-refractivity contribution is 5.96. The lowest BCUT2D eigenvalue weighted by Crippen LogP contribution is -2.45. The Morgan fingerprint density at radius 3 is 2.83 bits per heavy atom. The van der Waals surface area contributed by atoms with E-state index in [0.717, 1.165) is 25.9 Å². The molecule has 1 aromatic rings. The van der Waals surface area contributed by atoms with Crippen molar-refractivity contribution in [2.45, 2.75) is 39.7 Å². The summed E-state index contributed by atoms with van der Waals surface area (Å²) in [4.78, 5) is 14.3. The van der Waals surface area contributed by atoms with Crippen LogP contribution in [-0.2, 0) is 0 Å². The molecule has 2 rings (SSSR count). The molecule has 2 heterocycles. The highest BCUT2D eigenvalue weighted by Crippen LogP contribution is 2.22. The molecular formula is C13H21N3O2. The standard InChI is InChI=1S/C13H21N3O2/c1-8(14)11-5-4-6-16(7-11)13(17)12-9(2)15-18-10(12)3/h8,11H,4-7,14H2,1-3H3. The Bertz CT molecular complexity index is 420. The van der Waals surface area contributed by atoms with Gasteiger partial charge >= 0.3 is 0 Å². The number of carbonyl (C=O) groups is 1. The number of rotatable bonds is 2. The Kier molecular flexibility index (Phi) is 3.71. The van der Waals surface area contributed by atoms with Crippen molar-refractivity contribution in [3.63, 3.8) is 0 Å². The van der Waals surface area contributed by atoms with Gasteiger partial charge in [0.2, 0.25) is 0 Å². The van der Waals surface area contributed by atoms with Gasteiger partial charge in [-0.25, -0.2) is 0 Å². The highest BCUT2D eigenvalue weighted by Gasteiger charge is 2.29. The van der Waals surface area contributed by atoms with Crippen LogP contribution in [0.5, 0.6) is 0 Å². The monoisotopic (exact) mass is 251 g/mol. The number of likely N-dealkylation sites (tertiary alicyclic amines) is 1. The van der Waals surface area contributed by atoms with Crippen molar-refractivity contribution in [1.29, 1.82) is 0 Å². The van der Waals surface area contributed by atoms with Gasteiger partial charge in [-0.05, 0) is 39.5 Å². The van der Waals surface area contributed by atoms with Crippen LogP contribution < -0.4 is 5.73 Å². The van der Waals surface area contributed by atoms with Gasteiger partial charge in [-0.3, -0.25) is 4.79 Å². The van der Waals surface area contributed by atoms with Crippen molar-refractivity contribution < 1.29 is 9.32 Å². The van der Waals surface area contributed by atoms with E-state index in [9.17, 15) is 4.79 Å². The number of hydrogen-bond acceptors (Lipinski definition) is 4. The SMILES string of the molecule is Cc1noc(C)c1C(=O)N1CCCC(C(C)N)C1. The van der Waals surface area contributed by atoms with Crippen molar-refractivity contribution in [1.82, 2.24) is 10.1 Å². The summed E-state index contributed by atoms with van der Waals surface area (Å²) in [6.07, 6.45) is 2.12. The van der Waals surface area contributed by atoms with E-state index in [1.807, 2.05) is 11.8 Å². The van der Waals surface area contributed by atoms with E-state index in [2.05, 4.69) is 5.16 Å². The Hall–Kier alpha value is -1.36. The smallest absolute Gasteiger partial charge is 0.259 e. The van der Waals surface area contributed by atoms with E-state index in [4.69, 9.17) is 10.3 Å². The largest absolute Gasteiger partial charge is 0.361 e. The van der Waals surface area contributed by atoms with Crippen molar-refractivity contribution in [3.8, 4) is 0 Å². The third kappa shape index (κ3) is 2.41. The first-order valence-electron chi connectivity index (χ1n) is 6.48. The molecule has 1 aliphatic rings. The molecule has 0 bridgehead atoms. The minimum atomic E-state index is 0.0246. The van der Waals surface area contributed by atoms with Gasteiger partial charge < -0.3 is 15.2 Å². The molecule has 2 atom stereocenters. The van der Waals surface area contributed by atoms with Crippen LogP contribution in [0.25, 0.3) is 0 Å². The van der Waals surface area contributed by atoms with Gasteiger partial charge in [0.25, 0.3) is 5.91 Å². The fraction of sp³-hybridized carbons (Fsp3) is 0.692. The van der Waals surface area contributed by atoms with E-state index >= 15 is 0 Å². The molecule has 0 spiro atoms. The molecule has 100 valence electrons. The summed E-state index contributed by atoms with van der Waals surface area (Å²) >= 11 is 0. The van der Waals surface area contributed by atoms with Crippen LogP contribution >= 0.6 is 0 Å². The van der Waals surface area contributed by atoms with Gasteiger partial charge in [-0.1, -0.05) is 5.16 Å². The molecule has 0 aliphatic carbocycles. The summed E-state index contributed by atoms with van der Waals surface area (Å²) in [6, 6.07) is 0.130. The van der Waals surface area contributed by atoms with E-state index in [1.165, 1.54) is 0 Å². The summed E-state index contributed by atoms with van der Waals surface area (Å²) in [7, 11) is 0. The van der Waals surface area contributed by atoms with E-state index in [1.54, 1.807) is 13.8 Å². The number of aromatic nitrogens is 1. The Labute approximate surface area is 107 Å². The fourth-order valence-corrected chi connectivity index (χ4v) is 2.57. The summed E-state index contributed by atoms with van der Waals surface area (Å²) < 4.78 is 5.06. The number of carbonyl (C=O) groups excluding carboxylic acids is 1. The molecule has 2 unspecified atom stereocenters. The second kappa shape index (κ2) is 5.10. The van der Waals surface area contributed by atoms with E-state index < -0.39 is 0 Å².